The monoisotopic (exact) mass is 506 g/mol. The van der Waals surface area contributed by atoms with Crippen molar-refractivity contribution in [2.75, 3.05) is 63.3 Å². The van der Waals surface area contributed by atoms with E-state index in [1.165, 1.54) is 4.68 Å². The highest BCUT2D eigenvalue weighted by molar-refractivity contribution is 5.79. The van der Waals surface area contributed by atoms with Gasteiger partial charge in [0.15, 0.2) is 5.82 Å². The predicted molar refractivity (Wildman–Crippen MR) is 146 cm³/mol. The molecule has 0 aliphatic carbocycles. The summed E-state index contributed by atoms with van der Waals surface area (Å²) in [5.41, 5.74) is 9.90. The number of nitrogens with one attached hydrogen (secondary N) is 1. The summed E-state index contributed by atoms with van der Waals surface area (Å²) >= 11 is 0. The number of aromatic nitrogens is 4. The van der Waals surface area contributed by atoms with Gasteiger partial charge in [-0.25, -0.2) is 9.67 Å². The highest BCUT2D eigenvalue weighted by Crippen LogP contribution is 2.37. The molecule has 4 aromatic rings. The summed E-state index contributed by atoms with van der Waals surface area (Å²) in [4.78, 5) is 11.6. The molecule has 0 atom stereocenters. The lowest BCUT2D eigenvalue weighted by Gasteiger charge is -2.30. The number of methoxy groups -OCH3 is 1. The smallest absolute Gasteiger partial charge is 0.229 e. The van der Waals surface area contributed by atoms with Gasteiger partial charge in [0, 0.05) is 63.5 Å². The summed E-state index contributed by atoms with van der Waals surface area (Å²) in [6, 6.07) is 14.4. The molecule has 0 saturated carbocycles. The minimum Gasteiger partial charge on any atom is -0.494 e. The van der Waals surface area contributed by atoms with Gasteiger partial charge in [-0.2, -0.15) is 10.1 Å². The van der Waals surface area contributed by atoms with Crippen LogP contribution in [0.25, 0.3) is 17.1 Å². The molecular formula is C27H32N8O2. The second-order valence-corrected chi connectivity index (χ2v) is 8.47. The van der Waals surface area contributed by atoms with E-state index in [1.54, 1.807) is 31.6 Å². The van der Waals surface area contributed by atoms with Crippen LogP contribution < -0.4 is 20.7 Å². The first-order valence-corrected chi connectivity index (χ1v) is 11.8. The van der Waals surface area contributed by atoms with Crippen LogP contribution in [0.4, 0.5) is 23.0 Å². The molecule has 1 aliphatic heterocycles. The van der Waals surface area contributed by atoms with Gasteiger partial charge in [0.2, 0.25) is 5.95 Å². The Bertz CT molecular complexity index is 1540. The average molecular weight is 507 g/mol. The second-order valence-electron chi connectivity index (χ2n) is 8.47. The SMILES string of the molecule is [2H]C([2H])([2H])N(Cc1cn(-c2ccnc(Nc3cc(N)c(N4CCOCC4)cc3OC)n2)nc1-c1ccccc1)C([2H])([2H])[2H]. The fourth-order valence-corrected chi connectivity index (χ4v) is 4.24. The van der Waals surface area contributed by atoms with E-state index >= 15 is 0 Å². The van der Waals surface area contributed by atoms with E-state index in [9.17, 15) is 0 Å². The Morgan fingerprint density at radius 2 is 1.97 bits per heavy atom. The Labute approximate surface area is 225 Å². The molecule has 0 spiro atoms. The zero-order valence-corrected chi connectivity index (χ0v) is 20.4. The highest BCUT2D eigenvalue weighted by Gasteiger charge is 2.18. The van der Waals surface area contributed by atoms with Gasteiger partial charge in [0.1, 0.15) is 5.75 Å². The summed E-state index contributed by atoms with van der Waals surface area (Å²) in [5, 5.41) is 7.83. The van der Waals surface area contributed by atoms with Crippen LogP contribution in [0.3, 0.4) is 0 Å². The van der Waals surface area contributed by atoms with Gasteiger partial charge in [-0.3, -0.25) is 0 Å². The summed E-state index contributed by atoms with van der Waals surface area (Å²) < 4.78 is 59.4. The van der Waals surface area contributed by atoms with E-state index in [-0.39, 0.29) is 12.5 Å². The molecule has 0 unspecified atom stereocenters. The number of morpholine rings is 1. The summed E-state index contributed by atoms with van der Waals surface area (Å²) in [6.45, 7) is -3.42. The van der Waals surface area contributed by atoms with Gasteiger partial charge >= 0.3 is 0 Å². The maximum Gasteiger partial charge on any atom is 0.229 e. The molecule has 2 aromatic carbocycles. The minimum atomic E-state index is -2.86. The molecule has 192 valence electrons. The predicted octanol–water partition coefficient (Wildman–Crippen LogP) is 3.56. The van der Waals surface area contributed by atoms with Gasteiger partial charge in [0.25, 0.3) is 0 Å². The molecule has 3 N–H and O–H groups in total. The highest BCUT2D eigenvalue weighted by atomic mass is 16.5. The van der Waals surface area contributed by atoms with Crippen LogP contribution in [0, 0.1) is 0 Å². The van der Waals surface area contributed by atoms with Crippen molar-refractivity contribution in [3.63, 3.8) is 0 Å². The van der Waals surface area contributed by atoms with Crippen molar-refractivity contribution in [1.29, 1.82) is 0 Å². The first-order chi connectivity index (χ1) is 20.4. The molecular weight excluding hydrogens is 468 g/mol. The summed E-state index contributed by atoms with van der Waals surface area (Å²) in [6.07, 6.45) is 3.12. The van der Waals surface area contributed by atoms with Crippen molar-refractivity contribution in [2.24, 2.45) is 0 Å². The maximum atomic E-state index is 7.81. The van der Waals surface area contributed by atoms with Crippen molar-refractivity contribution >= 4 is 23.0 Å². The number of hydrogen-bond donors (Lipinski definition) is 2. The van der Waals surface area contributed by atoms with Crippen LogP contribution in [0.5, 0.6) is 5.75 Å². The van der Waals surface area contributed by atoms with E-state index in [0.29, 0.717) is 57.9 Å². The topological polar surface area (TPSA) is 107 Å². The minimum absolute atomic E-state index is 0.235. The van der Waals surface area contributed by atoms with Crippen LogP contribution in [0.15, 0.2) is 60.9 Å². The van der Waals surface area contributed by atoms with Crippen LogP contribution >= 0.6 is 0 Å². The fourth-order valence-electron chi connectivity index (χ4n) is 4.24. The largest absolute Gasteiger partial charge is 0.494 e. The first kappa shape index (κ1) is 18.1. The van der Waals surface area contributed by atoms with Crippen molar-refractivity contribution in [3.05, 3.63) is 66.5 Å². The molecule has 3 heterocycles. The Hall–Kier alpha value is -4.15. The molecule has 10 heteroatoms. The van der Waals surface area contributed by atoms with E-state index in [0.717, 1.165) is 18.8 Å². The summed E-state index contributed by atoms with van der Waals surface area (Å²) in [5.74, 6) is 1.15. The van der Waals surface area contributed by atoms with Crippen molar-refractivity contribution in [2.45, 2.75) is 6.54 Å². The van der Waals surface area contributed by atoms with E-state index in [1.807, 2.05) is 36.4 Å². The van der Waals surface area contributed by atoms with Gasteiger partial charge < -0.3 is 30.3 Å². The van der Waals surface area contributed by atoms with Gasteiger partial charge in [-0.05, 0) is 20.0 Å². The van der Waals surface area contributed by atoms with Crippen molar-refractivity contribution in [3.8, 4) is 22.8 Å². The van der Waals surface area contributed by atoms with Crippen LogP contribution in [-0.4, -0.2) is 72.0 Å². The number of nitrogen functional groups attached to an aromatic ring is 1. The Morgan fingerprint density at radius 3 is 2.73 bits per heavy atom. The molecule has 2 aromatic heterocycles. The van der Waals surface area contributed by atoms with E-state index < -0.39 is 14.0 Å². The third kappa shape index (κ3) is 5.50. The van der Waals surface area contributed by atoms with Crippen molar-refractivity contribution < 1.29 is 17.7 Å². The zero-order valence-electron chi connectivity index (χ0n) is 26.4. The Balaban J connectivity index is 1.48. The molecule has 1 aliphatic rings. The molecule has 10 nitrogen and oxygen atoms in total. The van der Waals surface area contributed by atoms with Crippen LogP contribution in [-0.2, 0) is 11.3 Å². The summed E-state index contributed by atoms with van der Waals surface area (Å²) in [7, 11) is 1.56. The lowest BCUT2D eigenvalue weighted by atomic mass is 10.1. The number of rotatable bonds is 8. The van der Waals surface area contributed by atoms with Gasteiger partial charge in [-0.1, -0.05) is 30.3 Å². The van der Waals surface area contributed by atoms with E-state index in [2.05, 4.69) is 25.3 Å². The number of nitrogens with two attached hydrogens (primary N) is 1. The fraction of sp³-hybridized carbons (Fsp3) is 0.296. The standard InChI is InChI=1S/C27H32N8O2/c1-33(2)17-20-18-35(32-26(20)19-7-5-4-6-8-19)25-9-10-29-27(31-25)30-22-15-21(28)23(16-24(22)36-3)34-11-13-37-14-12-34/h4-10,15-16,18H,11-14,17,28H2,1-3H3,(H,29,30,31)/i1D3,2D3. The molecule has 0 radical (unpaired) electrons. The van der Waals surface area contributed by atoms with Crippen LogP contribution in [0.2, 0.25) is 0 Å². The maximum absolute atomic E-state index is 7.81. The van der Waals surface area contributed by atoms with Gasteiger partial charge in [-0.15, -0.1) is 0 Å². The average Bonchev–Trinajstić information content (AvgIpc) is 3.40. The molecule has 1 fully saturated rings. The lowest BCUT2D eigenvalue weighted by Crippen LogP contribution is -2.36. The lowest BCUT2D eigenvalue weighted by molar-refractivity contribution is 0.123. The third-order valence-electron chi connectivity index (χ3n) is 5.99. The van der Waals surface area contributed by atoms with Crippen molar-refractivity contribution in [1.82, 2.24) is 24.6 Å². The zero-order chi connectivity index (χ0) is 30.8. The number of ether oxygens (including phenoxy) is 2. The Kier molecular flexibility index (Phi) is 5.32. The normalized spacial score (nSPS) is 16.8. The molecule has 0 amide bonds. The molecule has 37 heavy (non-hydrogen) atoms. The molecule has 5 rings (SSSR count). The van der Waals surface area contributed by atoms with E-state index in [4.69, 9.17) is 23.4 Å². The van der Waals surface area contributed by atoms with Crippen LogP contribution in [0.1, 0.15) is 13.8 Å². The number of nitrogens with zero attached hydrogens (tertiary/aromatic N) is 6. The quantitative estimate of drug-likeness (QED) is 0.347. The molecule has 1 saturated heterocycles. The van der Waals surface area contributed by atoms with Gasteiger partial charge in [0.05, 0.1) is 43.1 Å². The second kappa shape index (κ2) is 10.9. The number of anilines is 4. The molecule has 0 bridgehead atoms. The third-order valence-corrected chi connectivity index (χ3v) is 5.99. The first-order valence-electron chi connectivity index (χ1n) is 14.8. The number of benzene rings is 2. The number of hydrogen-bond acceptors (Lipinski definition) is 9. The Morgan fingerprint density at radius 1 is 1.16 bits per heavy atom.